The van der Waals surface area contributed by atoms with Crippen LogP contribution in [0.5, 0.6) is 0 Å². The minimum Gasteiger partial charge on any atom is -0.357 e. The van der Waals surface area contributed by atoms with Gasteiger partial charge in [-0.3, -0.25) is 13.9 Å². The largest absolute Gasteiger partial charge is 0.357 e. The van der Waals surface area contributed by atoms with Crippen LogP contribution in [0.3, 0.4) is 0 Å². The third-order valence-electron chi connectivity index (χ3n) is 4.95. The van der Waals surface area contributed by atoms with Crippen LogP contribution < -0.4 is 9.62 Å². The van der Waals surface area contributed by atoms with Crippen molar-refractivity contribution in [3.05, 3.63) is 64.9 Å². The van der Waals surface area contributed by atoms with Gasteiger partial charge in [0, 0.05) is 31.6 Å². The van der Waals surface area contributed by atoms with Gasteiger partial charge in [-0.15, -0.1) is 0 Å². The van der Waals surface area contributed by atoms with Crippen molar-refractivity contribution in [2.24, 2.45) is 0 Å². The molecule has 0 fully saturated rings. The van der Waals surface area contributed by atoms with Crippen molar-refractivity contribution >= 4 is 39.1 Å². The van der Waals surface area contributed by atoms with Gasteiger partial charge in [-0.05, 0) is 55.3 Å². The molecule has 0 radical (unpaired) electrons. The van der Waals surface area contributed by atoms with Gasteiger partial charge in [-0.1, -0.05) is 23.7 Å². The standard InChI is InChI=1S/C22H27ClFN3O4S/c1-16(22(29)25-2)26(15-17-6-8-18(23)9-7-17)21(28)5-4-14-27(32(3,30)31)20-12-10-19(24)11-13-20/h6-13,16H,4-5,14-15H2,1-3H3,(H,25,29)/t16-/m1/s1. The van der Waals surface area contributed by atoms with E-state index in [2.05, 4.69) is 5.32 Å². The van der Waals surface area contributed by atoms with Crippen LogP contribution in [0.1, 0.15) is 25.3 Å². The van der Waals surface area contributed by atoms with Crippen LogP contribution in [0.4, 0.5) is 10.1 Å². The maximum absolute atomic E-state index is 13.2. The molecule has 2 aromatic rings. The predicted molar refractivity (Wildman–Crippen MR) is 123 cm³/mol. The summed E-state index contributed by atoms with van der Waals surface area (Å²) in [5.41, 5.74) is 1.13. The second-order valence-corrected chi connectivity index (χ2v) is 9.70. The number of nitrogens with zero attached hydrogens (tertiary/aromatic N) is 2. The number of nitrogens with one attached hydrogen (secondary N) is 1. The Hall–Kier alpha value is -2.65. The van der Waals surface area contributed by atoms with E-state index < -0.39 is 21.9 Å². The summed E-state index contributed by atoms with van der Waals surface area (Å²) in [4.78, 5) is 26.6. The Labute approximate surface area is 193 Å². The van der Waals surface area contributed by atoms with E-state index in [4.69, 9.17) is 11.6 Å². The molecule has 1 atom stereocenters. The summed E-state index contributed by atoms with van der Waals surface area (Å²) in [6.45, 7) is 1.88. The number of hydrogen-bond donors (Lipinski definition) is 1. The fraction of sp³-hybridized carbons (Fsp3) is 0.364. The van der Waals surface area contributed by atoms with E-state index in [9.17, 15) is 22.4 Å². The number of carbonyl (C=O) groups excluding carboxylic acids is 2. The average molecular weight is 484 g/mol. The number of carbonyl (C=O) groups is 2. The van der Waals surface area contributed by atoms with Gasteiger partial charge in [0.2, 0.25) is 21.8 Å². The monoisotopic (exact) mass is 483 g/mol. The third-order valence-corrected chi connectivity index (χ3v) is 6.39. The lowest BCUT2D eigenvalue weighted by Crippen LogP contribution is -2.46. The molecule has 2 rings (SSSR count). The van der Waals surface area contributed by atoms with Crippen molar-refractivity contribution in [3.63, 3.8) is 0 Å². The lowest BCUT2D eigenvalue weighted by Gasteiger charge is -2.29. The number of benzene rings is 2. The highest BCUT2D eigenvalue weighted by molar-refractivity contribution is 7.92. The first-order valence-electron chi connectivity index (χ1n) is 10.0. The van der Waals surface area contributed by atoms with Crippen molar-refractivity contribution in [1.29, 1.82) is 0 Å². The SMILES string of the molecule is CNC(=O)[C@@H](C)N(Cc1ccc(Cl)cc1)C(=O)CCCN(c1ccc(F)cc1)S(C)(=O)=O. The number of rotatable bonds is 10. The lowest BCUT2D eigenvalue weighted by molar-refractivity contribution is -0.140. The molecule has 7 nitrogen and oxygen atoms in total. The fourth-order valence-electron chi connectivity index (χ4n) is 3.19. The summed E-state index contributed by atoms with van der Waals surface area (Å²) < 4.78 is 38.7. The zero-order valence-electron chi connectivity index (χ0n) is 18.2. The summed E-state index contributed by atoms with van der Waals surface area (Å²) in [5.74, 6) is -1.07. The summed E-state index contributed by atoms with van der Waals surface area (Å²) in [5, 5.41) is 3.11. The van der Waals surface area contributed by atoms with Crippen molar-refractivity contribution in [2.75, 3.05) is 24.2 Å². The van der Waals surface area contributed by atoms with Gasteiger partial charge in [0.15, 0.2) is 0 Å². The minimum absolute atomic E-state index is 0.0299. The minimum atomic E-state index is -3.63. The summed E-state index contributed by atoms with van der Waals surface area (Å²) in [6.07, 6.45) is 1.31. The Morgan fingerprint density at radius 2 is 1.69 bits per heavy atom. The maximum atomic E-state index is 13.2. The molecule has 0 aromatic heterocycles. The topological polar surface area (TPSA) is 86.8 Å². The van der Waals surface area contributed by atoms with Gasteiger partial charge < -0.3 is 10.2 Å². The molecular formula is C22H27ClFN3O4S. The molecule has 10 heteroatoms. The van der Waals surface area contributed by atoms with Gasteiger partial charge >= 0.3 is 0 Å². The van der Waals surface area contributed by atoms with Gasteiger partial charge in [0.05, 0.1) is 11.9 Å². The normalized spacial score (nSPS) is 12.2. The Bertz CT molecular complexity index is 1030. The molecule has 0 spiro atoms. The molecular weight excluding hydrogens is 457 g/mol. The van der Waals surface area contributed by atoms with Gasteiger partial charge in [-0.2, -0.15) is 0 Å². The first-order chi connectivity index (χ1) is 15.0. The first kappa shape index (κ1) is 25.6. The molecule has 0 heterocycles. The zero-order chi connectivity index (χ0) is 23.9. The number of sulfonamides is 1. The van der Waals surface area contributed by atoms with Crippen molar-refractivity contribution in [2.45, 2.75) is 32.4 Å². The molecule has 1 N–H and O–H groups in total. The van der Waals surface area contributed by atoms with Crippen LogP contribution in [0.15, 0.2) is 48.5 Å². The van der Waals surface area contributed by atoms with E-state index in [1.54, 1.807) is 31.2 Å². The lowest BCUT2D eigenvalue weighted by atomic mass is 10.1. The number of likely N-dealkylation sites (N-methyl/N-ethyl adjacent to an activating group) is 1. The van der Waals surface area contributed by atoms with Crippen molar-refractivity contribution < 1.29 is 22.4 Å². The maximum Gasteiger partial charge on any atom is 0.242 e. The number of anilines is 1. The Morgan fingerprint density at radius 3 is 2.22 bits per heavy atom. The van der Waals surface area contributed by atoms with E-state index in [1.165, 1.54) is 36.2 Å². The Morgan fingerprint density at radius 1 is 1.09 bits per heavy atom. The molecule has 0 saturated heterocycles. The van der Waals surface area contributed by atoms with E-state index in [1.807, 2.05) is 0 Å². The van der Waals surface area contributed by atoms with Crippen LogP contribution in [0, 0.1) is 5.82 Å². The van der Waals surface area contributed by atoms with Gasteiger partial charge in [0.25, 0.3) is 0 Å². The number of halogens is 2. The van der Waals surface area contributed by atoms with Crippen LogP contribution in [0.2, 0.25) is 5.02 Å². The smallest absolute Gasteiger partial charge is 0.242 e. The van der Waals surface area contributed by atoms with Crippen LogP contribution in [-0.4, -0.2) is 51.0 Å². The molecule has 32 heavy (non-hydrogen) atoms. The van der Waals surface area contributed by atoms with Crippen LogP contribution >= 0.6 is 11.6 Å². The summed E-state index contributed by atoms with van der Waals surface area (Å²) in [6, 6.07) is 11.4. The molecule has 0 unspecified atom stereocenters. The molecule has 2 aromatic carbocycles. The van der Waals surface area contributed by atoms with E-state index in [0.717, 1.165) is 16.1 Å². The second-order valence-electron chi connectivity index (χ2n) is 7.35. The molecule has 0 aliphatic carbocycles. The first-order valence-corrected chi connectivity index (χ1v) is 12.2. The molecule has 0 aliphatic rings. The van der Waals surface area contributed by atoms with Crippen molar-refractivity contribution in [3.8, 4) is 0 Å². The Kier molecular flexibility index (Phi) is 9.03. The fourth-order valence-corrected chi connectivity index (χ4v) is 4.28. The highest BCUT2D eigenvalue weighted by Gasteiger charge is 2.26. The quantitative estimate of drug-likeness (QED) is 0.562. The van der Waals surface area contributed by atoms with Crippen molar-refractivity contribution in [1.82, 2.24) is 10.2 Å². The highest BCUT2D eigenvalue weighted by atomic mass is 35.5. The summed E-state index contributed by atoms with van der Waals surface area (Å²) >= 11 is 5.92. The molecule has 0 aliphatic heterocycles. The molecule has 0 bridgehead atoms. The number of hydrogen-bond acceptors (Lipinski definition) is 4. The molecule has 174 valence electrons. The summed E-state index contributed by atoms with van der Waals surface area (Å²) in [7, 11) is -2.13. The Balaban J connectivity index is 2.12. The van der Waals surface area contributed by atoms with Crippen LogP contribution in [-0.2, 0) is 26.2 Å². The molecule has 0 saturated carbocycles. The average Bonchev–Trinajstić information content (AvgIpc) is 2.75. The van der Waals surface area contributed by atoms with E-state index in [-0.39, 0.29) is 37.7 Å². The van der Waals surface area contributed by atoms with Crippen LogP contribution in [0.25, 0.3) is 0 Å². The second kappa shape index (κ2) is 11.3. The predicted octanol–water partition coefficient (Wildman–Crippen LogP) is 3.19. The number of amides is 2. The van der Waals surface area contributed by atoms with Gasteiger partial charge in [0.1, 0.15) is 11.9 Å². The highest BCUT2D eigenvalue weighted by Crippen LogP contribution is 2.20. The van der Waals surface area contributed by atoms with Gasteiger partial charge in [-0.25, -0.2) is 12.8 Å². The van der Waals surface area contributed by atoms with E-state index >= 15 is 0 Å². The zero-order valence-corrected chi connectivity index (χ0v) is 19.8. The van der Waals surface area contributed by atoms with E-state index in [0.29, 0.717) is 10.7 Å². The molecule has 2 amide bonds. The third kappa shape index (κ3) is 7.20.